The van der Waals surface area contributed by atoms with Crippen LogP contribution in [0.3, 0.4) is 0 Å². The predicted octanol–water partition coefficient (Wildman–Crippen LogP) is 4.70. The van der Waals surface area contributed by atoms with Gasteiger partial charge in [0.25, 0.3) is 5.56 Å². The molecule has 0 aliphatic carbocycles. The van der Waals surface area contributed by atoms with Crippen LogP contribution in [0.2, 0.25) is 0 Å². The van der Waals surface area contributed by atoms with Crippen molar-refractivity contribution in [1.82, 2.24) is 9.55 Å². The molecule has 3 nitrogen and oxygen atoms in total. The van der Waals surface area contributed by atoms with Gasteiger partial charge in [-0.15, -0.1) is 0 Å². The summed E-state index contributed by atoms with van der Waals surface area (Å²) in [5, 5.41) is 0.451. The summed E-state index contributed by atoms with van der Waals surface area (Å²) in [7, 11) is 0. The third-order valence-corrected chi connectivity index (χ3v) is 4.12. The molecule has 1 aromatic heterocycles. The van der Waals surface area contributed by atoms with Crippen LogP contribution in [0.25, 0.3) is 28.7 Å². The van der Waals surface area contributed by atoms with Gasteiger partial charge in [0, 0.05) is 0 Å². The Hall–Kier alpha value is -3.53. The van der Waals surface area contributed by atoms with Gasteiger partial charge in [0.2, 0.25) is 0 Å². The lowest BCUT2D eigenvalue weighted by Gasteiger charge is -2.12. The van der Waals surface area contributed by atoms with Gasteiger partial charge in [0.15, 0.2) is 0 Å². The van der Waals surface area contributed by atoms with Gasteiger partial charge in [0.05, 0.1) is 16.6 Å². The van der Waals surface area contributed by atoms with E-state index in [1.54, 1.807) is 42.5 Å². The summed E-state index contributed by atoms with van der Waals surface area (Å²) in [6.45, 7) is 0. The molecule has 0 saturated carbocycles. The summed E-state index contributed by atoms with van der Waals surface area (Å²) in [6.07, 6.45) is 3.59. The number of nitrogens with zero attached hydrogens (tertiary/aromatic N) is 2. The number of rotatable bonds is 3. The van der Waals surface area contributed by atoms with Crippen molar-refractivity contribution in [2.75, 3.05) is 0 Å². The maximum absolute atomic E-state index is 14.4. The minimum absolute atomic E-state index is 0.184. The average molecular weight is 342 g/mol. The largest absolute Gasteiger partial charge is 0.268 e. The van der Waals surface area contributed by atoms with E-state index in [1.807, 2.05) is 42.5 Å². The quantitative estimate of drug-likeness (QED) is 0.541. The second kappa shape index (κ2) is 6.76. The van der Waals surface area contributed by atoms with Gasteiger partial charge in [-0.05, 0) is 35.9 Å². The molecule has 4 rings (SSSR count). The molecule has 0 spiro atoms. The fourth-order valence-corrected chi connectivity index (χ4v) is 2.86. The monoisotopic (exact) mass is 342 g/mol. The summed E-state index contributed by atoms with van der Waals surface area (Å²) < 4.78 is 15.7. The Labute approximate surface area is 149 Å². The summed E-state index contributed by atoms with van der Waals surface area (Å²) in [4.78, 5) is 17.6. The number of hydrogen-bond donors (Lipinski definition) is 0. The Morgan fingerprint density at radius 3 is 2.31 bits per heavy atom. The van der Waals surface area contributed by atoms with Crippen molar-refractivity contribution in [2.45, 2.75) is 0 Å². The molecule has 126 valence electrons. The maximum atomic E-state index is 14.4. The molecule has 0 aliphatic rings. The molecule has 4 aromatic rings. The van der Waals surface area contributed by atoms with Crippen molar-refractivity contribution < 1.29 is 4.39 Å². The van der Waals surface area contributed by atoms with E-state index in [4.69, 9.17) is 0 Å². The van der Waals surface area contributed by atoms with Crippen LogP contribution < -0.4 is 5.56 Å². The highest BCUT2D eigenvalue weighted by molar-refractivity contribution is 5.80. The van der Waals surface area contributed by atoms with E-state index in [0.717, 1.165) is 5.56 Å². The van der Waals surface area contributed by atoms with Gasteiger partial charge in [-0.1, -0.05) is 60.7 Å². The van der Waals surface area contributed by atoms with Crippen molar-refractivity contribution in [3.05, 3.63) is 106 Å². The molecule has 0 fully saturated rings. The average Bonchev–Trinajstić information content (AvgIpc) is 2.68. The Morgan fingerprint density at radius 2 is 1.50 bits per heavy atom. The van der Waals surface area contributed by atoms with Crippen LogP contribution in [0.4, 0.5) is 4.39 Å². The summed E-state index contributed by atoms with van der Waals surface area (Å²) >= 11 is 0. The maximum Gasteiger partial charge on any atom is 0.266 e. The molecule has 0 unspecified atom stereocenters. The molecule has 0 atom stereocenters. The van der Waals surface area contributed by atoms with E-state index in [-0.39, 0.29) is 11.2 Å². The zero-order chi connectivity index (χ0) is 17.9. The number of para-hydroxylation sites is 2. The topological polar surface area (TPSA) is 34.9 Å². The first-order valence-electron chi connectivity index (χ1n) is 8.24. The fourth-order valence-electron chi connectivity index (χ4n) is 2.86. The number of hydrogen-bond acceptors (Lipinski definition) is 2. The van der Waals surface area contributed by atoms with E-state index in [1.165, 1.54) is 10.6 Å². The molecule has 0 aliphatic heterocycles. The van der Waals surface area contributed by atoms with Gasteiger partial charge in [0.1, 0.15) is 11.6 Å². The van der Waals surface area contributed by atoms with Gasteiger partial charge >= 0.3 is 0 Å². The van der Waals surface area contributed by atoms with Crippen molar-refractivity contribution in [3.63, 3.8) is 0 Å². The van der Waals surface area contributed by atoms with Crippen molar-refractivity contribution in [1.29, 1.82) is 0 Å². The summed E-state index contributed by atoms with van der Waals surface area (Å²) in [5.74, 6) is -0.0938. The van der Waals surface area contributed by atoms with E-state index < -0.39 is 5.82 Å². The van der Waals surface area contributed by atoms with Crippen LogP contribution in [0.5, 0.6) is 0 Å². The molecule has 4 heteroatoms. The molecule has 0 saturated heterocycles. The Bertz CT molecular complexity index is 1160. The molecule has 0 N–H and O–H groups in total. The Kier molecular flexibility index (Phi) is 4.15. The summed E-state index contributed by atoms with van der Waals surface area (Å²) in [5.41, 5.74) is 1.43. The minimum atomic E-state index is -0.471. The number of fused-ring (bicyclic) bond motifs is 1. The number of benzene rings is 3. The smallest absolute Gasteiger partial charge is 0.266 e. The Morgan fingerprint density at radius 1 is 0.808 bits per heavy atom. The summed E-state index contributed by atoms with van der Waals surface area (Å²) in [6, 6.07) is 23.0. The molecule has 1 heterocycles. The van der Waals surface area contributed by atoms with E-state index in [2.05, 4.69) is 4.98 Å². The second-order valence-corrected chi connectivity index (χ2v) is 5.82. The van der Waals surface area contributed by atoms with E-state index >= 15 is 0 Å². The zero-order valence-electron chi connectivity index (χ0n) is 13.8. The standard InChI is InChI=1S/C22H15FN2O/c23-18-11-5-7-13-20(18)25-21(15-14-16-8-2-1-3-9-16)24-19-12-6-4-10-17(19)22(25)26/h1-15H. The number of aromatic nitrogens is 2. The van der Waals surface area contributed by atoms with Crippen LogP contribution in [-0.4, -0.2) is 9.55 Å². The first-order chi connectivity index (χ1) is 12.7. The Balaban J connectivity index is 1.99. The first-order valence-corrected chi connectivity index (χ1v) is 8.24. The highest BCUT2D eigenvalue weighted by Gasteiger charge is 2.13. The third-order valence-electron chi connectivity index (χ3n) is 4.12. The molecule has 0 bridgehead atoms. The van der Waals surface area contributed by atoms with E-state index in [0.29, 0.717) is 16.7 Å². The zero-order valence-corrected chi connectivity index (χ0v) is 13.8. The first kappa shape index (κ1) is 16.0. The normalized spacial score (nSPS) is 11.3. The van der Waals surface area contributed by atoms with Crippen molar-refractivity contribution in [2.24, 2.45) is 0 Å². The molecule has 26 heavy (non-hydrogen) atoms. The van der Waals surface area contributed by atoms with Crippen LogP contribution in [0.15, 0.2) is 83.7 Å². The molecular formula is C22H15FN2O. The van der Waals surface area contributed by atoms with Crippen molar-refractivity contribution in [3.8, 4) is 5.69 Å². The van der Waals surface area contributed by atoms with Gasteiger partial charge in [-0.25, -0.2) is 9.37 Å². The van der Waals surface area contributed by atoms with Crippen LogP contribution in [-0.2, 0) is 0 Å². The van der Waals surface area contributed by atoms with Gasteiger partial charge in [-0.2, -0.15) is 0 Å². The minimum Gasteiger partial charge on any atom is -0.268 e. The lowest BCUT2D eigenvalue weighted by Crippen LogP contribution is -2.23. The fraction of sp³-hybridized carbons (Fsp3) is 0. The van der Waals surface area contributed by atoms with Crippen molar-refractivity contribution >= 4 is 23.1 Å². The molecule has 0 amide bonds. The van der Waals surface area contributed by atoms with E-state index in [9.17, 15) is 9.18 Å². The lowest BCUT2D eigenvalue weighted by atomic mass is 10.2. The third kappa shape index (κ3) is 2.93. The van der Waals surface area contributed by atoms with Crippen LogP contribution in [0, 0.1) is 5.82 Å². The second-order valence-electron chi connectivity index (χ2n) is 5.82. The highest BCUT2D eigenvalue weighted by atomic mass is 19.1. The van der Waals surface area contributed by atoms with Crippen LogP contribution in [0.1, 0.15) is 11.4 Å². The molecular weight excluding hydrogens is 327 g/mol. The van der Waals surface area contributed by atoms with Crippen LogP contribution >= 0.6 is 0 Å². The molecule has 3 aromatic carbocycles. The lowest BCUT2D eigenvalue weighted by molar-refractivity contribution is 0.615. The number of halogens is 1. The predicted molar refractivity (Wildman–Crippen MR) is 103 cm³/mol. The van der Waals surface area contributed by atoms with Gasteiger partial charge < -0.3 is 0 Å². The SMILES string of the molecule is O=c1c2ccccc2nc(C=Cc2ccccc2)n1-c1ccccc1F. The molecule has 0 radical (unpaired) electrons. The van der Waals surface area contributed by atoms with Gasteiger partial charge in [-0.3, -0.25) is 9.36 Å². The highest BCUT2D eigenvalue weighted by Crippen LogP contribution is 2.17.